The van der Waals surface area contributed by atoms with Crippen molar-refractivity contribution in [3.63, 3.8) is 0 Å². The highest BCUT2D eigenvalue weighted by Crippen LogP contribution is 2.38. The van der Waals surface area contributed by atoms with Crippen molar-refractivity contribution in [3.05, 3.63) is 71.7 Å². The first kappa shape index (κ1) is 17.6. The van der Waals surface area contributed by atoms with Crippen molar-refractivity contribution in [2.24, 2.45) is 0 Å². The lowest BCUT2D eigenvalue weighted by Gasteiger charge is -2.25. The minimum Gasteiger partial charge on any atom is -0.497 e. The second kappa shape index (κ2) is 6.79. The van der Waals surface area contributed by atoms with E-state index in [2.05, 4.69) is 6.58 Å². The van der Waals surface area contributed by atoms with Gasteiger partial charge in [-0.2, -0.15) is 0 Å². The summed E-state index contributed by atoms with van der Waals surface area (Å²) >= 11 is 0. The molecule has 4 nitrogen and oxygen atoms in total. The molecule has 0 saturated heterocycles. The zero-order valence-electron chi connectivity index (χ0n) is 14.4. The number of carbonyl (C=O) groups is 1. The summed E-state index contributed by atoms with van der Waals surface area (Å²) in [5, 5.41) is 10.6. The maximum absolute atomic E-state index is 11.7. The van der Waals surface area contributed by atoms with Crippen molar-refractivity contribution in [1.82, 2.24) is 0 Å². The molecule has 2 rings (SSSR count). The molecule has 24 heavy (non-hydrogen) atoms. The number of ether oxygens (including phenoxy) is 1. The van der Waals surface area contributed by atoms with Gasteiger partial charge in [-0.25, -0.2) is 4.79 Å². The number of furan rings is 1. The highest BCUT2D eigenvalue weighted by Gasteiger charge is 2.32. The number of para-hydroxylation sites is 1. The van der Waals surface area contributed by atoms with Crippen LogP contribution in [0.3, 0.4) is 0 Å². The quantitative estimate of drug-likeness (QED) is 0.469. The largest absolute Gasteiger partial charge is 0.497 e. The Morgan fingerprint density at radius 1 is 1.33 bits per heavy atom. The fourth-order valence-electron chi connectivity index (χ4n) is 2.46. The van der Waals surface area contributed by atoms with E-state index in [0.29, 0.717) is 17.1 Å². The van der Waals surface area contributed by atoms with Crippen LogP contribution in [0.2, 0.25) is 0 Å². The number of aliphatic carboxylic acids is 1. The van der Waals surface area contributed by atoms with Gasteiger partial charge in [0.05, 0.1) is 12.7 Å². The third kappa shape index (κ3) is 3.27. The Morgan fingerprint density at radius 2 is 2.00 bits per heavy atom. The van der Waals surface area contributed by atoms with Crippen LogP contribution in [0.1, 0.15) is 26.5 Å². The first-order valence-electron chi connectivity index (χ1n) is 7.65. The number of hydrogen-bond acceptors (Lipinski definition) is 3. The van der Waals surface area contributed by atoms with Crippen molar-refractivity contribution in [2.75, 3.05) is 7.11 Å². The molecule has 0 atom stereocenters. The first-order chi connectivity index (χ1) is 11.3. The SMILES string of the molecule is C=C(/C(=C\C(=C/C)OC)C(=O)O)C(C)(C)c1cc2ccccc2o1. The number of methoxy groups -OCH3 is 1. The van der Waals surface area contributed by atoms with Crippen molar-refractivity contribution in [3.8, 4) is 0 Å². The van der Waals surface area contributed by atoms with Crippen molar-refractivity contribution in [1.29, 1.82) is 0 Å². The van der Waals surface area contributed by atoms with Gasteiger partial charge in [0.15, 0.2) is 0 Å². The van der Waals surface area contributed by atoms with Crippen LogP contribution in [-0.2, 0) is 14.9 Å². The third-order valence-corrected chi connectivity index (χ3v) is 4.16. The van der Waals surface area contributed by atoms with E-state index in [1.807, 2.05) is 44.2 Å². The zero-order valence-corrected chi connectivity index (χ0v) is 14.4. The molecule has 0 fully saturated rings. The molecule has 0 radical (unpaired) electrons. The lowest BCUT2D eigenvalue weighted by atomic mass is 9.78. The summed E-state index contributed by atoms with van der Waals surface area (Å²) in [6.07, 6.45) is 3.18. The van der Waals surface area contributed by atoms with Gasteiger partial charge in [-0.1, -0.05) is 24.8 Å². The predicted octanol–water partition coefficient (Wildman–Crippen LogP) is 4.83. The van der Waals surface area contributed by atoms with Gasteiger partial charge in [-0.05, 0) is 50.6 Å². The van der Waals surface area contributed by atoms with E-state index in [0.717, 1.165) is 11.0 Å². The number of benzene rings is 1. The highest BCUT2D eigenvalue weighted by molar-refractivity contribution is 5.93. The molecule has 1 aromatic heterocycles. The van der Waals surface area contributed by atoms with Crippen LogP contribution in [0.4, 0.5) is 0 Å². The molecule has 0 bridgehead atoms. The molecule has 126 valence electrons. The Hall–Kier alpha value is -2.75. The van der Waals surface area contributed by atoms with E-state index in [9.17, 15) is 9.90 Å². The van der Waals surface area contributed by atoms with E-state index in [1.165, 1.54) is 13.2 Å². The van der Waals surface area contributed by atoms with Crippen LogP contribution < -0.4 is 0 Å². The molecule has 0 spiro atoms. The van der Waals surface area contributed by atoms with Crippen molar-refractivity contribution < 1.29 is 19.1 Å². The summed E-state index contributed by atoms with van der Waals surface area (Å²) in [7, 11) is 1.50. The Kier molecular flexibility index (Phi) is 4.98. The first-order valence-corrected chi connectivity index (χ1v) is 7.65. The summed E-state index contributed by atoms with van der Waals surface area (Å²) in [6.45, 7) is 9.59. The maximum Gasteiger partial charge on any atom is 0.336 e. The molecule has 0 aliphatic carbocycles. The van der Waals surface area contributed by atoms with E-state index >= 15 is 0 Å². The second-order valence-corrected chi connectivity index (χ2v) is 6.01. The van der Waals surface area contributed by atoms with E-state index in [-0.39, 0.29) is 5.57 Å². The van der Waals surface area contributed by atoms with Crippen molar-refractivity contribution in [2.45, 2.75) is 26.2 Å². The molecule has 4 heteroatoms. The number of allylic oxidation sites excluding steroid dienone is 2. The molecule has 2 aromatic rings. The number of carboxylic acids is 1. The molecular weight excluding hydrogens is 304 g/mol. The Labute approximate surface area is 141 Å². The lowest BCUT2D eigenvalue weighted by molar-refractivity contribution is -0.132. The minimum absolute atomic E-state index is 0.0930. The minimum atomic E-state index is -1.06. The molecule has 0 amide bonds. The average molecular weight is 326 g/mol. The zero-order chi connectivity index (χ0) is 17.9. The van der Waals surface area contributed by atoms with Gasteiger partial charge in [0.1, 0.15) is 17.1 Å². The van der Waals surface area contributed by atoms with Crippen LogP contribution in [0.25, 0.3) is 11.0 Å². The highest BCUT2D eigenvalue weighted by atomic mass is 16.5. The average Bonchev–Trinajstić information content (AvgIpc) is 3.00. The molecule has 0 aliphatic heterocycles. The van der Waals surface area contributed by atoms with Crippen LogP contribution in [0, 0.1) is 0 Å². The summed E-state index contributed by atoms with van der Waals surface area (Å²) < 4.78 is 11.1. The predicted molar refractivity (Wildman–Crippen MR) is 94.9 cm³/mol. The Bertz CT molecular complexity index is 801. The smallest absolute Gasteiger partial charge is 0.336 e. The number of rotatable bonds is 6. The van der Waals surface area contributed by atoms with E-state index in [4.69, 9.17) is 9.15 Å². The Balaban J connectivity index is 2.49. The molecule has 0 saturated carbocycles. The van der Waals surface area contributed by atoms with Gasteiger partial charge < -0.3 is 14.3 Å². The standard InChI is InChI=1S/C20H22O4/c1-6-15(23-5)12-16(19(21)22)13(2)20(3,4)18-11-14-9-7-8-10-17(14)24-18/h6-12H,2H2,1,3-5H3,(H,21,22)/b15-6+,16-12+. The monoisotopic (exact) mass is 326 g/mol. The number of fused-ring (bicyclic) bond motifs is 1. The van der Waals surface area contributed by atoms with Gasteiger partial charge in [0, 0.05) is 10.8 Å². The fraction of sp³-hybridized carbons (Fsp3) is 0.250. The molecule has 0 unspecified atom stereocenters. The maximum atomic E-state index is 11.7. The van der Waals surface area contributed by atoms with E-state index in [1.54, 1.807) is 13.0 Å². The summed E-state index contributed by atoms with van der Waals surface area (Å²) in [4.78, 5) is 11.7. The van der Waals surface area contributed by atoms with Gasteiger partial charge in [-0.3, -0.25) is 0 Å². The van der Waals surface area contributed by atoms with Crippen LogP contribution in [0.5, 0.6) is 0 Å². The molecular formula is C20H22O4. The number of hydrogen-bond donors (Lipinski definition) is 1. The summed E-state index contributed by atoms with van der Waals surface area (Å²) in [6, 6.07) is 9.60. The van der Waals surface area contributed by atoms with E-state index < -0.39 is 11.4 Å². The van der Waals surface area contributed by atoms with Crippen LogP contribution in [-0.4, -0.2) is 18.2 Å². The third-order valence-electron chi connectivity index (χ3n) is 4.16. The van der Waals surface area contributed by atoms with Gasteiger partial charge in [-0.15, -0.1) is 0 Å². The van der Waals surface area contributed by atoms with Crippen LogP contribution in [0.15, 0.2) is 70.4 Å². The van der Waals surface area contributed by atoms with Crippen LogP contribution >= 0.6 is 0 Å². The molecule has 1 N–H and O–H groups in total. The molecule has 1 aromatic carbocycles. The second-order valence-electron chi connectivity index (χ2n) is 6.01. The summed E-state index contributed by atoms with van der Waals surface area (Å²) in [5.41, 5.74) is 0.622. The number of carboxylic acid groups (broad SMARTS) is 1. The van der Waals surface area contributed by atoms with Gasteiger partial charge in [0.25, 0.3) is 0 Å². The fourth-order valence-corrected chi connectivity index (χ4v) is 2.46. The Morgan fingerprint density at radius 3 is 2.54 bits per heavy atom. The molecule has 1 heterocycles. The topological polar surface area (TPSA) is 59.7 Å². The lowest BCUT2D eigenvalue weighted by Crippen LogP contribution is -2.23. The van der Waals surface area contributed by atoms with Crippen molar-refractivity contribution >= 4 is 16.9 Å². The molecule has 0 aliphatic rings. The summed E-state index contributed by atoms with van der Waals surface area (Å²) in [5.74, 6) is 0.0786. The van der Waals surface area contributed by atoms with Gasteiger partial charge >= 0.3 is 5.97 Å². The van der Waals surface area contributed by atoms with Gasteiger partial charge in [0.2, 0.25) is 0 Å². The normalized spacial score (nSPS) is 13.2.